The molecule has 1 heterocycles. The average Bonchev–Trinajstić information content (AvgIpc) is 2.36. The second-order valence-corrected chi connectivity index (χ2v) is 4.93. The first kappa shape index (κ1) is 14.4. The van der Waals surface area contributed by atoms with Crippen LogP contribution in [-0.2, 0) is 0 Å². The highest BCUT2D eigenvalue weighted by atomic mass is 19.4. The van der Waals surface area contributed by atoms with E-state index in [9.17, 15) is 13.2 Å². The van der Waals surface area contributed by atoms with Crippen molar-refractivity contribution in [1.29, 1.82) is 0 Å². The van der Waals surface area contributed by atoms with E-state index in [-0.39, 0.29) is 6.04 Å². The van der Waals surface area contributed by atoms with E-state index in [0.29, 0.717) is 22.1 Å². The Morgan fingerprint density at radius 1 is 1.20 bits per heavy atom. The van der Waals surface area contributed by atoms with Gasteiger partial charge in [-0.2, -0.15) is 13.2 Å². The van der Waals surface area contributed by atoms with E-state index in [1.165, 1.54) is 4.90 Å². The molecular weight excluding hydrogens is 267 g/mol. The molecule has 6 heteroatoms. The van der Waals surface area contributed by atoms with E-state index in [0.717, 1.165) is 0 Å². The number of hydrogen-bond acceptors (Lipinski definition) is 3. The van der Waals surface area contributed by atoms with Crippen LogP contribution in [0.4, 0.5) is 24.5 Å². The predicted octanol–water partition coefficient (Wildman–Crippen LogP) is 3.59. The lowest BCUT2D eigenvalue weighted by molar-refractivity contribution is -0.120. The molecule has 0 aliphatic carbocycles. The predicted molar refractivity (Wildman–Crippen MR) is 74.7 cm³/mol. The minimum Gasteiger partial charge on any atom is -0.398 e. The number of halogens is 3. The summed E-state index contributed by atoms with van der Waals surface area (Å²) in [5, 5.41) is 1.34. The molecule has 0 atom stereocenters. The SMILES string of the molecule is CC(C)N(CC(F)(F)F)c1ccc(N)c2ccncc12. The van der Waals surface area contributed by atoms with E-state index in [4.69, 9.17) is 5.73 Å². The molecule has 2 N–H and O–H groups in total. The van der Waals surface area contributed by atoms with Crippen molar-refractivity contribution in [1.82, 2.24) is 4.98 Å². The zero-order chi connectivity index (χ0) is 14.9. The van der Waals surface area contributed by atoms with Gasteiger partial charge in [0.2, 0.25) is 0 Å². The van der Waals surface area contributed by atoms with Gasteiger partial charge in [0.15, 0.2) is 0 Å². The lowest BCUT2D eigenvalue weighted by atomic mass is 10.1. The summed E-state index contributed by atoms with van der Waals surface area (Å²) >= 11 is 0. The minimum absolute atomic E-state index is 0.288. The molecular formula is C14H16F3N3. The first-order chi connectivity index (χ1) is 9.29. The monoisotopic (exact) mass is 283 g/mol. The Labute approximate surface area is 115 Å². The van der Waals surface area contributed by atoms with Crippen LogP contribution in [0.3, 0.4) is 0 Å². The Bertz CT molecular complexity index is 608. The summed E-state index contributed by atoms with van der Waals surface area (Å²) in [6, 6.07) is 4.66. The molecule has 1 aromatic heterocycles. The minimum atomic E-state index is -4.26. The van der Waals surface area contributed by atoms with Crippen molar-refractivity contribution in [2.24, 2.45) is 0 Å². The maximum atomic E-state index is 12.7. The summed E-state index contributed by atoms with van der Waals surface area (Å²) in [6.07, 6.45) is -1.14. The van der Waals surface area contributed by atoms with E-state index in [1.54, 1.807) is 44.4 Å². The number of benzene rings is 1. The first-order valence-corrected chi connectivity index (χ1v) is 6.25. The molecule has 2 aromatic rings. The Morgan fingerprint density at radius 3 is 2.50 bits per heavy atom. The molecule has 2 rings (SSSR count). The third-order valence-electron chi connectivity index (χ3n) is 3.11. The molecule has 0 aliphatic heterocycles. The summed E-state index contributed by atoms with van der Waals surface area (Å²) in [7, 11) is 0. The third kappa shape index (κ3) is 2.95. The fourth-order valence-electron chi connectivity index (χ4n) is 2.19. The van der Waals surface area contributed by atoms with Gasteiger partial charge in [0.25, 0.3) is 0 Å². The maximum Gasteiger partial charge on any atom is 0.405 e. The molecule has 0 radical (unpaired) electrons. The summed E-state index contributed by atoms with van der Waals surface area (Å²) in [5.74, 6) is 0. The summed E-state index contributed by atoms with van der Waals surface area (Å²) in [4.78, 5) is 5.30. The molecule has 0 spiro atoms. The molecule has 108 valence electrons. The molecule has 0 amide bonds. The highest BCUT2D eigenvalue weighted by Gasteiger charge is 2.32. The van der Waals surface area contributed by atoms with Gasteiger partial charge in [-0.15, -0.1) is 0 Å². The van der Waals surface area contributed by atoms with Gasteiger partial charge in [-0.1, -0.05) is 0 Å². The smallest absolute Gasteiger partial charge is 0.398 e. The highest BCUT2D eigenvalue weighted by molar-refractivity contribution is 6.00. The van der Waals surface area contributed by atoms with Crippen LogP contribution in [0.25, 0.3) is 10.8 Å². The Balaban J connectivity index is 2.57. The Hall–Kier alpha value is -1.98. The number of hydrogen-bond donors (Lipinski definition) is 1. The largest absolute Gasteiger partial charge is 0.405 e. The van der Waals surface area contributed by atoms with Crippen LogP contribution in [0, 0.1) is 0 Å². The summed E-state index contributed by atoms with van der Waals surface area (Å²) in [6.45, 7) is 2.45. The van der Waals surface area contributed by atoms with Crippen molar-refractivity contribution < 1.29 is 13.2 Å². The van der Waals surface area contributed by atoms with Gasteiger partial charge in [0.05, 0.1) is 0 Å². The van der Waals surface area contributed by atoms with Crippen LogP contribution < -0.4 is 10.6 Å². The van der Waals surface area contributed by atoms with Crippen molar-refractivity contribution >= 4 is 22.1 Å². The fourth-order valence-corrected chi connectivity index (χ4v) is 2.19. The van der Waals surface area contributed by atoms with Gasteiger partial charge in [-0.05, 0) is 32.0 Å². The number of rotatable bonds is 3. The third-order valence-corrected chi connectivity index (χ3v) is 3.11. The summed E-state index contributed by atoms with van der Waals surface area (Å²) in [5.41, 5.74) is 6.88. The van der Waals surface area contributed by atoms with Crippen molar-refractivity contribution in [2.45, 2.75) is 26.1 Å². The lowest BCUT2D eigenvalue weighted by Crippen LogP contribution is -2.39. The quantitative estimate of drug-likeness (QED) is 0.875. The first-order valence-electron chi connectivity index (χ1n) is 6.25. The van der Waals surface area contributed by atoms with E-state index in [1.807, 2.05) is 0 Å². The summed E-state index contributed by atoms with van der Waals surface area (Å²) < 4.78 is 38.2. The number of aromatic nitrogens is 1. The average molecular weight is 283 g/mol. The van der Waals surface area contributed by atoms with Gasteiger partial charge in [0, 0.05) is 40.6 Å². The van der Waals surface area contributed by atoms with E-state index < -0.39 is 12.7 Å². The van der Waals surface area contributed by atoms with Crippen LogP contribution >= 0.6 is 0 Å². The van der Waals surface area contributed by atoms with Gasteiger partial charge >= 0.3 is 6.18 Å². The molecule has 0 aliphatic rings. The number of pyridine rings is 1. The van der Waals surface area contributed by atoms with Crippen LogP contribution in [0.1, 0.15) is 13.8 Å². The van der Waals surface area contributed by atoms with Crippen LogP contribution in [-0.4, -0.2) is 23.7 Å². The van der Waals surface area contributed by atoms with Crippen molar-refractivity contribution in [3.63, 3.8) is 0 Å². The van der Waals surface area contributed by atoms with Crippen LogP contribution in [0.15, 0.2) is 30.6 Å². The lowest BCUT2D eigenvalue weighted by Gasteiger charge is -2.31. The molecule has 3 nitrogen and oxygen atoms in total. The fraction of sp³-hybridized carbons (Fsp3) is 0.357. The number of nitrogens with two attached hydrogens (primary N) is 1. The second-order valence-electron chi connectivity index (χ2n) is 4.93. The number of nitrogen functional groups attached to an aromatic ring is 1. The van der Waals surface area contributed by atoms with Crippen molar-refractivity contribution in [2.75, 3.05) is 17.2 Å². The number of fused-ring (bicyclic) bond motifs is 1. The van der Waals surface area contributed by atoms with Crippen LogP contribution in [0.5, 0.6) is 0 Å². The van der Waals surface area contributed by atoms with Gasteiger partial charge in [-0.25, -0.2) is 0 Å². The number of alkyl halides is 3. The topological polar surface area (TPSA) is 42.1 Å². The van der Waals surface area contributed by atoms with E-state index in [2.05, 4.69) is 4.98 Å². The standard InChI is InChI=1S/C14H16F3N3/c1-9(2)20(8-14(15,16)17)13-4-3-12(18)10-5-6-19-7-11(10)13/h3-7,9H,8,18H2,1-2H3. The van der Waals surface area contributed by atoms with Crippen molar-refractivity contribution in [3.8, 4) is 0 Å². The second kappa shape index (κ2) is 5.19. The zero-order valence-corrected chi connectivity index (χ0v) is 11.3. The van der Waals surface area contributed by atoms with E-state index >= 15 is 0 Å². The highest BCUT2D eigenvalue weighted by Crippen LogP contribution is 2.33. The van der Waals surface area contributed by atoms with Crippen molar-refractivity contribution in [3.05, 3.63) is 30.6 Å². The molecule has 20 heavy (non-hydrogen) atoms. The van der Waals surface area contributed by atoms with Gasteiger partial charge in [0.1, 0.15) is 6.54 Å². The maximum absolute atomic E-state index is 12.7. The molecule has 0 saturated carbocycles. The Morgan fingerprint density at radius 2 is 1.90 bits per heavy atom. The molecule has 0 saturated heterocycles. The normalized spacial score (nSPS) is 12.1. The molecule has 0 fully saturated rings. The van der Waals surface area contributed by atoms with Gasteiger partial charge < -0.3 is 10.6 Å². The van der Waals surface area contributed by atoms with Crippen LogP contribution in [0.2, 0.25) is 0 Å². The number of nitrogens with zero attached hydrogens (tertiary/aromatic N) is 2. The Kier molecular flexibility index (Phi) is 3.74. The number of anilines is 2. The van der Waals surface area contributed by atoms with Gasteiger partial charge in [-0.3, -0.25) is 4.98 Å². The molecule has 0 bridgehead atoms. The molecule has 1 aromatic carbocycles. The molecule has 0 unspecified atom stereocenters. The zero-order valence-electron chi connectivity index (χ0n) is 11.3.